The molecule has 1 aromatic carbocycles. The van der Waals surface area contributed by atoms with Crippen molar-refractivity contribution in [3.05, 3.63) is 47.5 Å². The molecular weight excluding hydrogens is 370 g/mol. The number of aliphatic hydroxyl groups is 1. The van der Waals surface area contributed by atoms with Crippen LogP contribution in [0.3, 0.4) is 0 Å². The number of rotatable bonds is 12. The molecule has 0 unspecified atom stereocenters. The molecule has 2 rings (SSSR count). The Morgan fingerprint density at radius 1 is 1.17 bits per heavy atom. The van der Waals surface area contributed by atoms with E-state index in [2.05, 4.69) is 17.2 Å². The molecule has 0 radical (unpaired) electrons. The number of hydrogen-bond donors (Lipinski definition) is 2. The predicted molar refractivity (Wildman–Crippen MR) is 112 cm³/mol. The molecule has 7 nitrogen and oxygen atoms in total. The quantitative estimate of drug-likeness (QED) is 0.420. The normalized spacial score (nSPS) is 10.7. The molecule has 2 aromatic rings. The van der Waals surface area contributed by atoms with Gasteiger partial charge in [-0.2, -0.15) is 0 Å². The standard InChI is InChI=1S/C22H31N3O4/c1-3-5-6-9-13-25-16-19(23-20(25)15-21(27)29-4-2)22(28)24-18-11-8-7-10-17(18)12-14-26/h7-8,10-11,16,26H,3-6,9,12-15H2,1-2H3,(H,24,28). The molecule has 29 heavy (non-hydrogen) atoms. The maximum Gasteiger partial charge on any atom is 0.313 e. The molecule has 2 N–H and O–H groups in total. The van der Waals surface area contributed by atoms with E-state index in [1.165, 1.54) is 0 Å². The first-order valence-electron chi connectivity index (χ1n) is 10.3. The molecular formula is C22H31N3O4. The Morgan fingerprint density at radius 3 is 2.69 bits per heavy atom. The van der Waals surface area contributed by atoms with Crippen LogP contribution in [0.1, 0.15) is 61.4 Å². The Labute approximate surface area is 172 Å². The maximum absolute atomic E-state index is 12.8. The lowest BCUT2D eigenvalue weighted by Gasteiger charge is -2.09. The number of carbonyl (C=O) groups is 2. The first-order chi connectivity index (χ1) is 14.1. The summed E-state index contributed by atoms with van der Waals surface area (Å²) in [6.45, 7) is 4.93. The smallest absolute Gasteiger partial charge is 0.313 e. The number of nitrogens with one attached hydrogen (secondary N) is 1. The first kappa shape index (κ1) is 22.6. The minimum atomic E-state index is -0.354. The van der Waals surface area contributed by atoms with E-state index in [0.29, 0.717) is 31.1 Å². The van der Waals surface area contributed by atoms with Gasteiger partial charge in [-0.1, -0.05) is 44.4 Å². The fourth-order valence-electron chi connectivity index (χ4n) is 3.12. The second-order valence-electron chi connectivity index (χ2n) is 6.86. The Kier molecular flexibility index (Phi) is 9.37. The number of amides is 1. The number of imidazole rings is 1. The Hall–Kier alpha value is -2.67. The summed E-state index contributed by atoms with van der Waals surface area (Å²) in [5, 5.41) is 12.1. The Balaban J connectivity index is 2.16. The van der Waals surface area contributed by atoms with Crippen molar-refractivity contribution in [3.8, 4) is 0 Å². The Morgan fingerprint density at radius 2 is 1.97 bits per heavy atom. The predicted octanol–water partition coefficient (Wildman–Crippen LogP) is 3.36. The van der Waals surface area contributed by atoms with Gasteiger partial charge in [0.2, 0.25) is 0 Å². The molecule has 0 fully saturated rings. The number of anilines is 1. The fourth-order valence-corrected chi connectivity index (χ4v) is 3.12. The first-order valence-corrected chi connectivity index (χ1v) is 10.3. The minimum Gasteiger partial charge on any atom is -0.466 e. The van der Waals surface area contributed by atoms with Crippen LogP contribution in [0.5, 0.6) is 0 Å². The van der Waals surface area contributed by atoms with Crippen molar-refractivity contribution in [3.63, 3.8) is 0 Å². The van der Waals surface area contributed by atoms with Crippen LogP contribution in [0.2, 0.25) is 0 Å². The van der Waals surface area contributed by atoms with Crippen molar-refractivity contribution in [2.24, 2.45) is 0 Å². The summed E-state index contributed by atoms with van der Waals surface area (Å²) in [5.41, 5.74) is 1.77. The molecule has 7 heteroatoms. The summed E-state index contributed by atoms with van der Waals surface area (Å²) in [4.78, 5) is 29.1. The average Bonchev–Trinajstić information content (AvgIpc) is 3.10. The molecule has 1 aromatic heterocycles. The lowest BCUT2D eigenvalue weighted by atomic mass is 10.1. The van der Waals surface area contributed by atoms with Crippen LogP contribution in [-0.2, 0) is 28.9 Å². The van der Waals surface area contributed by atoms with Crippen molar-refractivity contribution in [1.29, 1.82) is 0 Å². The highest BCUT2D eigenvalue weighted by Crippen LogP contribution is 2.17. The van der Waals surface area contributed by atoms with Crippen molar-refractivity contribution < 1.29 is 19.4 Å². The van der Waals surface area contributed by atoms with E-state index in [-0.39, 0.29) is 30.6 Å². The molecule has 0 aliphatic heterocycles. The van der Waals surface area contributed by atoms with Crippen LogP contribution in [-0.4, -0.2) is 39.7 Å². The zero-order chi connectivity index (χ0) is 21.1. The second kappa shape index (κ2) is 12.0. The van der Waals surface area contributed by atoms with Crippen molar-refractivity contribution in [1.82, 2.24) is 9.55 Å². The van der Waals surface area contributed by atoms with Gasteiger partial charge in [0.25, 0.3) is 5.91 Å². The molecule has 1 heterocycles. The molecule has 0 aliphatic rings. The minimum absolute atomic E-state index is 0.00294. The number of esters is 1. The van der Waals surface area contributed by atoms with Crippen LogP contribution in [0.25, 0.3) is 0 Å². The van der Waals surface area contributed by atoms with Crippen molar-refractivity contribution in [2.75, 3.05) is 18.5 Å². The van der Waals surface area contributed by atoms with Gasteiger partial charge in [-0.3, -0.25) is 9.59 Å². The molecule has 0 spiro atoms. The van der Waals surface area contributed by atoms with Gasteiger partial charge in [0, 0.05) is 25.0 Å². The van der Waals surface area contributed by atoms with Gasteiger partial charge in [0.1, 0.15) is 17.9 Å². The maximum atomic E-state index is 12.8. The lowest BCUT2D eigenvalue weighted by molar-refractivity contribution is -0.142. The molecule has 158 valence electrons. The topological polar surface area (TPSA) is 93.5 Å². The molecule has 0 atom stereocenters. The summed E-state index contributed by atoms with van der Waals surface area (Å²) in [6.07, 6.45) is 6.53. The number of nitrogens with zero attached hydrogens (tertiary/aromatic N) is 2. The Bertz CT molecular complexity index is 801. The van der Waals surface area contributed by atoms with E-state index in [4.69, 9.17) is 4.74 Å². The summed E-state index contributed by atoms with van der Waals surface area (Å²) >= 11 is 0. The van der Waals surface area contributed by atoms with E-state index in [1.54, 1.807) is 19.2 Å². The number of aromatic nitrogens is 2. The zero-order valence-corrected chi connectivity index (χ0v) is 17.3. The third kappa shape index (κ3) is 7.02. The second-order valence-corrected chi connectivity index (χ2v) is 6.86. The van der Waals surface area contributed by atoms with Gasteiger partial charge in [0.05, 0.1) is 6.61 Å². The van der Waals surface area contributed by atoms with Crippen LogP contribution in [0, 0.1) is 0 Å². The van der Waals surface area contributed by atoms with Gasteiger partial charge in [-0.15, -0.1) is 0 Å². The third-order valence-corrected chi connectivity index (χ3v) is 4.60. The summed E-state index contributed by atoms with van der Waals surface area (Å²) in [5.74, 6) is -0.158. The summed E-state index contributed by atoms with van der Waals surface area (Å²) < 4.78 is 6.91. The van der Waals surface area contributed by atoms with E-state index in [1.807, 2.05) is 22.8 Å². The van der Waals surface area contributed by atoms with Crippen molar-refractivity contribution in [2.45, 2.75) is 58.9 Å². The number of benzene rings is 1. The van der Waals surface area contributed by atoms with Gasteiger partial charge in [-0.05, 0) is 31.4 Å². The van der Waals surface area contributed by atoms with Crippen molar-refractivity contribution >= 4 is 17.6 Å². The van der Waals surface area contributed by atoms with E-state index in [0.717, 1.165) is 31.2 Å². The van der Waals surface area contributed by atoms with Gasteiger partial charge in [0.15, 0.2) is 0 Å². The highest BCUT2D eigenvalue weighted by Gasteiger charge is 2.18. The van der Waals surface area contributed by atoms with Crippen LogP contribution < -0.4 is 5.32 Å². The number of unbranched alkanes of at least 4 members (excludes halogenated alkanes) is 3. The average molecular weight is 402 g/mol. The van der Waals surface area contributed by atoms with Crippen LogP contribution in [0.15, 0.2) is 30.5 Å². The number of aryl methyl sites for hydroxylation is 1. The van der Waals surface area contributed by atoms with Crippen LogP contribution in [0.4, 0.5) is 5.69 Å². The molecule has 0 saturated heterocycles. The third-order valence-electron chi connectivity index (χ3n) is 4.60. The van der Waals surface area contributed by atoms with Gasteiger partial charge < -0.3 is 19.7 Å². The van der Waals surface area contributed by atoms with E-state index in [9.17, 15) is 14.7 Å². The SMILES string of the molecule is CCCCCCn1cc(C(=O)Nc2ccccc2CCO)nc1CC(=O)OCC. The molecule has 0 bridgehead atoms. The molecule has 0 saturated carbocycles. The number of carbonyl (C=O) groups excluding carboxylic acids is 2. The van der Waals surface area contributed by atoms with E-state index >= 15 is 0 Å². The fraction of sp³-hybridized carbons (Fsp3) is 0.500. The van der Waals surface area contributed by atoms with E-state index < -0.39 is 0 Å². The summed E-state index contributed by atoms with van der Waals surface area (Å²) in [6, 6.07) is 7.35. The molecule has 1 amide bonds. The summed E-state index contributed by atoms with van der Waals surface area (Å²) in [7, 11) is 0. The number of para-hydroxylation sites is 1. The number of aliphatic hydroxyl groups excluding tert-OH is 1. The zero-order valence-electron chi connectivity index (χ0n) is 17.3. The lowest BCUT2D eigenvalue weighted by Crippen LogP contribution is -2.14. The van der Waals surface area contributed by atoms with Gasteiger partial charge in [-0.25, -0.2) is 4.98 Å². The highest BCUT2D eigenvalue weighted by atomic mass is 16.5. The highest BCUT2D eigenvalue weighted by molar-refractivity contribution is 6.03. The largest absolute Gasteiger partial charge is 0.466 e. The monoisotopic (exact) mass is 401 g/mol. The van der Waals surface area contributed by atoms with Crippen LogP contribution >= 0.6 is 0 Å². The van der Waals surface area contributed by atoms with Gasteiger partial charge >= 0.3 is 5.97 Å². The number of ether oxygens (including phenoxy) is 1. The number of hydrogen-bond acceptors (Lipinski definition) is 5. The molecule has 0 aliphatic carbocycles.